The maximum Gasteiger partial charge on any atom is 0.316 e. The minimum atomic E-state index is -2.78. The molecule has 1 atom stereocenters. The van der Waals surface area contributed by atoms with Crippen molar-refractivity contribution in [1.29, 1.82) is 0 Å². The molecule has 0 aromatic heterocycles. The first-order valence-electron chi connectivity index (χ1n) is 5.10. The van der Waals surface area contributed by atoms with Gasteiger partial charge in [-0.05, 0) is 5.56 Å². The van der Waals surface area contributed by atoms with Gasteiger partial charge in [-0.2, -0.15) is 0 Å². The Morgan fingerprint density at radius 2 is 1.73 bits per heavy atom. The quantitative estimate of drug-likeness (QED) is 0.806. The Balaban J connectivity index is 0.000000423. The molecule has 86 valence electrons. The van der Waals surface area contributed by atoms with E-state index in [4.69, 9.17) is 4.89 Å². The number of hydrogen-bond donors (Lipinski definition) is 1. The molecule has 1 rings (SSSR count). The SMILES string of the molecule is CCCC.O=[PH](O)OCc1ccccc1. The van der Waals surface area contributed by atoms with Crippen LogP contribution in [0.25, 0.3) is 0 Å². The predicted octanol–water partition coefficient (Wildman–Crippen LogP) is 3.39. The van der Waals surface area contributed by atoms with E-state index in [1.54, 1.807) is 0 Å². The van der Waals surface area contributed by atoms with Crippen LogP contribution in [0.1, 0.15) is 32.3 Å². The fraction of sp³-hybridized carbons (Fsp3) is 0.455. The minimum absolute atomic E-state index is 0.204. The molecule has 0 spiro atoms. The Bertz CT molecular complexity index is 260. The molecule has 0 heterocycles. The Labute approximate surface area is 92.0 Å². The van der Waals surface area contributed by atoms with Crippen molar-refractivity contribution in [2.24, 2.45) is 0 Å². The van der Waals surface area contributed by atoms with Gasteiger partial charge in [-0.25, -0.2) is 0 Å². The van der Waals surface area contributed by atoms with E-state index in [1.165, 1.54) is 12.8 Å². The topological polar surface area (TPSA) is 46.5 Å². The average Bonchev–Trinajstić information content (AvgIpc) is 2.28. The van der Waals surface area contributed by atoms with Crippen molar-refractivity contribution < 1.29 is 14.0 Å². The fourth-order valence-electron chi connectivity index (χ4n) is 0.719. The molecule has 1 aromatic rings. The standard InChI is InChI=1S/C7H9O3P.C4H10/c8-11(9)10-6-7-4-2-1-3-5-7;1-3-4-2/h1-5,11H,6H2,(H,8,9);3-4H2,1-2H3. The van der Waals surface area contributed by atoms with E-state index in [0.717, 1.165) is 5.56 Å². The van der Waals surface area contributed by atoms with Gasteiger partial charge in [0.15, 0.2) is 0 Å². The Kier molecular flexibility index (Phi) is 9.49. The second kappa shape index (κ2) is 9.91. The van der Waals surface area contributed by atoms with Crippen molar-refractivity contribution in [2.75, 3.05) is 0 Å². The van der Waals surface area contributed by atoms with Crippen molar-refractivity contribution >= 4 is 8.25 Å². The molecule has 0 aliphatic rings. The first kappa shape index (κ1) is 14.4. The van der Waals surface area contributed by atoms with Gasteiger partial charge in [0, 0.05) is 0 Å². The maximum atomic E-state index is 10.1. The van der Waals surface area contributed by atoms with E-state index >= 15 is 0 Å². The molecule has 0 aliphatic heterocycles. The van der Waals surface area contributed by atoms with Crippen molar-refractivity contribution in [3.8, 4) is 0 Å². The van der Waals surface area contributed by atoms with Crippen LogP contribution in [0, 0.1) is 0 Å². The monoisotopic (exact) mass is 230 g/mol. The second-order valence-electron chi connectivity index (χ2n) is 3.04. The lowest BCUT2D eigenvalue weighted by Crippen LogP contribution is -1.83. The first-order valence-corrected chi connectivity index (χ1v) is 6.36. The molecule has 4 heteroatoms. The van der Waals surface area contributed by atoms with Gasteiger partial charge in [0.25, 0.3) is 0 Å². The van der Waals surface area contributed by atoms with Crippen LogP contribution in [-0.4, -0.2) is 4.89 Å². The highest BCUT2D eigenvalue weighted by Crippen LogP contribution is 2.17. The van der Waals surface area contributed by atoms with Gasteiger partial charge >= 0.3 is 8.25 Å². The van der Waals surface area contributed by atoms with Crippen molar-refractivity contribution in [2.45, 2.75) is 33.3 Å². The summed E-state index contributed by atoms with van der Waals surface area (Å²) in [4.78, 5) is 8.34. The highest BCUT2D eigenvalue weighted by Gasteiger charge is 1.93. The Morgan fingerprint density at radius 3 is 2.13 bits per heavy atom. The lowest BCUT2D eigenvalue weighted by atomic mass is 10.2. The van der Waals surface area contributed by atoms with Gasteiger partial charge in [0.1, 0.15) is 0 Å². The smallest absolute Gasteiger partial charge is 0.316 e. The molecule has 15 heavy (non-hydrogen) atoms. The number of unbranched alkanes of at least 4 members (excludes halogenated alkanes) is 1. The minimum Gasteiger partial charge on any atom is -0.326 e. The molecule has 0 saturated carbocycles. The number of hydrogen-bond acceptors (Lipinski definition) is 2. The van der Waals surface area contributed by atoms with Crippen molar-refractivity contribution in [1.82, 2.24) is 0 Å². The molecule has 0 amide bonds. The average molecular weight is 230 g/mol. The predicted molar refractivity (Wildman–Crippen MR) is 63.0 cm³/mol. The zero-order chi connectivity index (χ0) is 11.5. The molecule has 0 saturated heterocycles. The largest absolute Gasteiger partial charge is 0.326 e. The van der Waals surface area contributed by atoms with Gasteiger partial charge in [-0.15, -0.1) is 0 Å². The van der Waals surface area contributed by atoms with Gasteiger partial charge in [-0.3, -0.25) is 4.57 Å². The third-order valence-corrected chi connectivity index (χ3v) is 2.10. The zero-order valence-corrected chi connectivity index (χ0v) is 10.3. The zero-order valence-electron chi connectivity index (χ0n) is 9.27. The van der Waals surface area contributed by atoms with E-state index in [0.29, 0.717) is 0 Å². The molecule has 0 aliphatic carbocycles. The molecule has 1 aromatic carbocycles. The summed E-state index contributed by atoms with van der Waals surface area (Å²) in [6, 6.07) is 9.27. The molecular formula is C11H19O3P. The number of rotatable bonds is 4. The van der Waals surface area contributed by atoms with Crippen LogP contribution in [-0.2, 0) is 15.7 Å². The molecule has 0 radical (unpaired) electrons. The van der Waals surface area contributed by atoms with Crippen LogP contribution in [0.4, 0.5) is 0 Å². The summed E-state index contributed by atoms with van der Waals surface area (Å²) in [5, 5.41) is 0. The molecule has 0 fully saturated rings. The highest BCUT2D eigenvalue weighted by molar-refractivity contribution is 7.32. The first-order chi connectivity index (χ1) is 7.20. The molecule has 0 bridgehead atoms. The van der Waals surface area contributed by atoms with Gasteiger partial charge in [-0.1, -0.05) is 57.0 Å². The molecule has 3 nitrogen and oxygen atoms in total. The van der Waals surface area contributed by atoms with Crippen LogP contribution in [0.2, 0.25) is 0 Å². The van der Waals surface area contributed by atoms with Crippen molar-refractivity contribution in [3.63, 3.8) is 0 Å². The Morgan fingerprint density at radius 1 is 1.20 bits per heavy atom. The van der Waals surface area contributed by atoms with Crippen LogP contribution < -0.4 is 0 Å². The van der Waals surface area contributed by atoms with E-state index < -0.39 is 8.25 Å². The summed E-state index contributed by atoms with van der Waals surface area (Å²) in [6.07, 6.45) is 2.64. The summed E-state index contributed by atoms with van der Waals surface area (Å²) >= 11 is 0. The maximum absolute atomic E-state index is 10.1. The van der Waals surface area contributed by atoms with E-state index in [9.17, 15) is 4.57 Å². The van der Waals surface area contributed by atoms with Crippen LogP contribution in [0.3, 0.4) is 0 Å². The van der Waals surface area contributed by atoms with Crippen LogP contribution in [0.15, 0.2) is 30.3 Å². The highest BCUT2D eigenvalue weighted by atomic mass is 31.1. The van der Waals surface area contributed by atoms with E-state index in [-0.39, 0.29) is 6.61 Å². The van der Waals surface area contributed by atoms with Gasteiger partial charge in [0.05, 0.1) is 6.61 Å². The Hall–Kier alpha value is -0.630. The lowest BCUT2D eigenvalue weighted by molar-refractivity contribution is 0.272. The fourth-order valence-corrected chi connectivity index (χ4v) is 1.01. The summed E-state index contributed by atoms with van der Waals surface area (Å²) < 4.78 is 14.7. The second-order valence-corrected chi connectivity index (χ2v) is 3.86. The lowest BCUT2D eigenvalue weighted by Gasteiger charge is -1.98. The number of benzene rings is 1. The van der Waals surface area contributed by atoms with Crippen LogP contribution >= 0.6 is 8.25 Å². The molecular weight excluding hydrogens is 211 g/mol. The van der Waals surface area contributed by atoms with Gasteiger partial charge in [0.2, 0.25) is 0 Å². The van der Waals surface area contributed by atoms with Crippen molar-refractivity contribution in [3.05, 3.63) is 35.9 Å². The third kappa shape index (κ3) is 9.67. The molecule has 1 unspecified atom stereocenters. The summed E-state index contributed by atoms with van der Waals surface area (Å²) in [5.74, 6) is 0. The van der Waals surface area contributed by atoms with E-state index in [2.05, 4.69) is 18.4 Å². The van der Waals surface area contributed by atoms with Crippen LogP contribution in [0.5, 0.6) is 0 Å². The van der Waals surface area contributed by atoms with E-state index in [1.807, 2.05) is 30.3 Å². The summed E-state index contributed by atoms with van der Waals surface area (Å²) in [6.45, 7) is 4.56. The third-order valence-electron chi connectivity index (χ3n) is 1.71. The normalized spacial score (nSPS) is 11.4. The van der Waals surface area contributed by atoms with Gasteiger partial charge < -0.3 is 9.42 Å². The summed E-state index contributed by atoms with van der Waals surface area (Å²) in [7, 11) is -2.78. The summed E-state index contributed by atoms with van der Waals surface area (Å²) in [5.41, 5.74) is 0.903. The molecule has 1 N–H and O–H groups in total.